The Balaban J connectivity index is 2.24. The summed E-state index contributed by atoms with van der Waals surface area (Å²) in [5, 5.41) is 10.6. The number of esters is 1. The van der Waals surface area contributed by atoms with Gasteiger partial charge in [0.25, 0.3) is 0 Å². The number of nitriles is 1. The van der Waals surface area contributed by atoms with E-state index in [0.29, 0.717) is 16.8 Å². The summed E-state index contributed by atoms with van der Waals surface area (Å²) >= 11 is 6.46. The molecule has 2 heterocycles. The van der Waals surface area contributed by atoms with Gasteiger partial charge in [0, 0.05) is 17.0 Å². The normalized spacial score (nSPS) is 16.6. The second kappa shape index (κ2) is 7.79. The molecule has 2 N–H and O–H groups in total. The number of fused-ring (bicyclic) bond motifs is 1. The molecular weight excluding hydrogens is 382 g/mol. The summed E-state index contributed by atoms with van der Waals surface area (Å²) in [5.41, 5.74) is 7.24. The lowest BCUT2D eigenvalue weighted by Gasteiger charge is -2.27. The fourth-order valence-electron chi connectivity index (χ4n) is 3.13. The van der Waals surface area contributed by atoms with Crippen LogP contribution in [0.1, 0.15) is 25.3 Å². The Kier molecular flexibility index (Phi) is 5.43. The molecule has 0 amide bonds. The monoisotopic (exact) mass is 399 g/mol. The molecule has 0 saturated carbocycles. The molecule has 0 bridgehead atoms. The number of nitrogens with zero attached hydrogens (tertiary/aromatic N) is 2. The van der Waals surface area contributed by atoms with Gasteiger partial charge < -0.3 is 19.9 Å². The van der Waals surface area contributed by atoms with Gasteiger partial charge in [-0.3, -0.25) is 0 Å². The maximum atomic E-state index is 12.6. The van der Waals surface area contributed by atoms with E-state index in [2.05, 4.69) is 4.98 Å². The number of allylic oxidation sites excluding steroid dienone is 2. The van der Waals surface area contributed by atoms with Gasteiger partial charge in [0.05, 0.1) is 30.7 Å². The SMILES string of the molecule is CCOC(=O)C1=C(C)OC(N)=C(C#N)[C@@H]1c1cc2ccc(OC)cc2nc1Cl. The van der Waals surface area contributed by atoms with Crippen LogP contribution < -0.4 is 10.5 Å². The predicted molar refractivity (Wildman–Crippen MR) is 103 cm³/mol. The minimum Gasteiger partial charge on any atom is -0.497 e. The maximum absolute atomic E-state index is 12.6. The lowest BCUT2D eigenvalue weighted by atomic mass is 9.83. The van der Waals surface area contributed by atoms with Crippen molar-refractivity contribution in [3.8, 4) is 11.8 Å². The number of hydrogen-bond acceptors (Lipinski definition) is 7. The number of halogens is 1. The van der Waals surface area contributed by atoms with Crippen molar-refractivity contribution in [2.45, 2.75) is 19.8 Å². The highest BCUT2D eigenvalue weighted by Crippen LogP contribution is 2.42. The van der Waals surface area contributed by atoms with E-state index in [-0.39, 0.29) is 34.5 Å². The van der Waals surface area contributed by atoms with Crippen LogP contribution in [0.3, 0.4) is 0 Å². The van der Waals surface area contributed by atoms with Gasteiger partial charge in [-0.05, 0) is 32.0 Å². The van der Waals surface area contributed by atoms with Crippen LogP contribution in [-0.2, 0) is 14.3 Å². The number of ether oxygens (including phenoxy) is 3. The van der Waals surface area contributed by atoms with Crippen molar-refractivity contribution in [3.63, 3.8) is 0 Å². The van der Waals surface area contributed by atoms with Crippen molar-refractivity contribution in [2.24, 2.45) is 5.73 Å². The molecule has 1 atom stereocenters. The van der Waals surface area contributed by atoms with Gasteiger partial charge in [0.15, 0.2) is 0 Å². The average molecular weight is 400 g/mol. The number of rotatable bonds is 4. The molecule has 28 heavy (non-hydrogen) atoms. The van der Waals surface area contributed by atoms with Crippen molar-refractivity contribution in [2.75, 3.05) is 13.7 Å². The Bertz CT molecular complexity index is 1070. The van der Waals surface area contributed by atoms with Crippen molar-refractivity contribution in [3.05, 3.63) is 57.8 Å². The predicted octanol–water partition coefficient (Wildman–Crippen LogP) is 3.54. The van der Waals surface area contributed by atoms with Gasteiger partial charge in [-0.2, -0.15) is 5.26 Å². The van der Waals surface area contributed by atoms with Crippen LogP contribution in [0.2, 0.25) is 5.15 Å². The second-order valence-electron chi connectivity index (χ2n) is 6.04. The van der Waals surface area contributed by atoms with Gasteiger partial charge >= 0.3 is 5.97 Å². The van der Waals surface area contributed by atoms with E-state index in [9.17, 15) is 10.1 Å². The zero-order valence-corrected chi connectivity index (χ0v) is 16.3. The van der Waals surface area contributed by atoms with Gasteiger partial charge in [0.2, 0.25) is 5.88 Å². The third-order valence-electron chi connectivity index (χ3n) is 4.42. The van der Waals surface area contributed by atoms with Gasteiger partial charge in [0.1, 0.15) is 28.3 Å². The molecule has 1 aliphatic heterocycles. The second-order valence-corrected chi connectivity index (χ2v) is 6.40. The van der Waals surface area contributed by atoms with Crippen molar-refractivity contribution < 1.29 is 19.0 Å². The first-order chi connectivity index (χ1) is 13.4. The zero-order valence-electron chi connectivity index (χ0n) is 15.6. The molecular formula is C20H18ClN3O4. The Morgan fingerprint density at radius 2 is 2.18 bits per heavy atom. The molecule has 2 aromatic rings. The first-order valence-electron chi connectivity index (χ1n) is 8.50. The van der Waals surface area contributed by atoms with E-state index in [1.165, 1.54) is 0 Å². The van der Waals surface area contributed by atoms with Crippen LogP contribution in [0.15, 0.2) is 47.1 Å². The highest BCUT2D eigenvalue weighted by atomic mass is 35.5. The van der Waals surface area contributed by atoms with Crippen LogP contribution in [0.4, 0.5) is 0 Å². The van der Waals surface area contributed by atoms with E-state index < -0.39 is 11.9 Å². The molecule has 8 heteroatoms. The van der Waals surface area contributed by atoms with Gasteiger partial charge in [-0.15, -0.1) is 0 Å². The number of hydrogen-bond donors (Lipinski definition) is 1. The molecule has 0 aliphatic carbocycles. The quantitative estimate of drug-likeness (QED) is 0.618. The highest BCUT2D eigenvalue weighted by molar-refractivity contribution is 6.30. The summed E-state index contributed by atoms with van der Waals surface area (Å²) in [5.74, 6) is -0.630. The largest absolute Gasteiger partial charge is 0.497 e. The van der Waals surface area contributed by atoms with E-state index >= 15 is 0 Å². The Hall–Kier alpha value is -3.24. The minimum atomic E-state index is -0.843. The summed E-state index contributed by atoms with van der Waals surface area (Å²) in [6.07, 6.45) is 0. The summed E-state index contributed by atoms with van der Waals surface area (Å²) in [4.78, 5) is 17.0. The number of carbonyl (C=O) groups excluding carboxylic acids is 1. The van der Waals surface area contributed by atoms with Crippen LogP contribution in [0.25, 0.3) is 10.9 Å². The molecule has 1 aliphatic rings. The molecule has 0 unspecified atom stereocenters. The molecule has 0 fully saturated rings. The molecule has 0 radical (unpaired) electrons. The minimum absolute atomic E-state index is 0.0743. The van der Waals surface area contributed by atoms with Crippen LogP contribution in [-0.4, -0.2) is 24.7 Å². The van der Waals surface area contributed by atoms with Crippen molar-refractivity contribution in [1.29, 1.82) is 5.26 Å². The van der Waals surface area contributed by atoms with E-state index in [0.717, 1.165) is 5.39 Å². The van der Waals surface area contributed by atoms with Crippen LogP contribution >= 0.6 is 11.6 Å². The van der Waals surface area contributed by atoms with Gasteiger partial charge in [-0.1, -0.05) is 11.6 Å². The number of carbonyl (C=O) groups is 1. The summed E-state index contributed by atoms with van der Waals surface area (Å²) < 4.78 is 15.8. The molecule has 1 aromatic carbocycles. The van der Waals surface area contributed by atoms with E-state index in [1.807, 2.05) is 12.1 Å². The molecule has 144 valence electrons. The summed E-state index contributed by atoms with van der Waals surface area (Å²) in [7, 11) is 1.56. The van der Waals surface area contributed by atoms with Crippen LogP contribution in [0, 0.1) is 11.3 Å². The topological polar surface area (TPSA) is 107 Å². The Labute approximate surface area is 166 Å². The average Bonchev–Trinajstić information content (AvgIpc) is 2.66. The lowest BCUT2D eigenvalue weighted by Crippen LogP contribution is -2.25. The molecule has 0 saturated heterocycles. The lowest BCUT2D eigenvalue weighted by molar-refractivity contribution is -0.139. The van der Waals surface area contributed by atoms with Crippen molar-refractivity contribution >= 4 is 28.5 Å². The number of benzene rings is 1. The molecule has 3 rings (SSSR count). The molecule has 0 spiro atoms. The van der Waals surface area contributed by atoms with E-state index in [4.69, 9.17) is 31.5 Å². The summed E-state index contributed by atoms with van der Waals surface area (Å²) in [6.45, 7) is 3.46. The standard InChI is InChI=1S/C20H18ClN3O4/c1-4-27-20(25)16-10(2)28-19(23)14(9-22)17(16)13-7-11-5-6-12(26-3)8-15(11)24-18(13)21/h5-8,17H,4,23H2,1-3H3/t17-/m0/s1. The highest BCUT2D eigenvalue weighted by Gasteiger charge is 2.37. The smallest absolute Gasteiger partial charge is 0.338 e. The van der Waals surface area contributed by atoms with Crippen LogP contribution in [0.5, 0.6) is 5.75 Å². The fourth-order valence-corrected chi connectivity index (χ4v) is 3.39. The molecule has 7 nitrogen and oxygen atoms in total. The Morgan fingerprint density at radius 3 is 2.82 bits per heavy atom. The number of pyridine rings is 1. The first kappa shape index (κ1) is 19.5. The number of methoxy groups -OCH3 is 1. The summed E-state index contributed by atoms with van der Waals surface area (Å²) in [6, 6.07) is 9.15. The Morgan fingerprint density at radius 1 is 1.43 bits per heavy atom. The van der Waals surface area contributed by atoms with E-state index in [1.54, 1.807) is 39.2 Å². The number of nitrogens with two attached hydrogens (primary N) is 1. The third kappa shape index (κ3) is 3.35. The zero-order chi connectivity index (χ0) is 20.4. The van der Waals surface area contributed by atoms with Gasteiger partial charge in [-0.25, -0.2) is 9.78 Å². The van der Waals surface area contributed by atoms with Crippen molar-refractivity contribution in [1.82, 2.24) is 4.98 Å². The number of aromatic nitrogens is 1. The third-order valence-corrected chi connectivity index (χ3v) is 4.72. The maximum Gasteiger partial charge on any atom is 0.338 e. The first-order valence-corrected chi connectivity index (χ1v) is 8.88. The molecule has 1 aromatic heterocycles. The fraction of sp³-hybridized carbons (Fsp3) is 0.250.